The van der Waals surface area contributed by atoms with Crippen molar-refractivity contribution in [2.24, 2.45) is 0 Å². The van der Waals surface area contributed by atoms with E-state index in [4.69, 9.17) is 4.74 Å². The smallest absolute Gasteiger partial charge is 0.328 e. The fraction of sp³-hybridized carbons (Fsp3) is 0.214. The molecule has 3 rings (SSSR count). The number of halogens is 1. The van der Waals surface area contributed by atoms with E-state index in [1.54, 1.807) is 54.6 Å². The first-order valence-electron chi connectivity index (χ1n) is 11.3. The fourth-order valence-electron chi connectivity index (χ4n) is 3.75. The number of esters is 1. The Morgan fingerprint density at radius 1 is 0.778 bits per heavy atom. The number of carbonyl (C=O) groups excluding carboxylic acids is 4. The van der Waals surface area contributed by atoms with Gasteiger partial charge in [0.15, 0.2) is 5.78 Å². The van der Waals surface area contributed by atoms with Crippen LogP contribution in [0.3, 0.4) is 0 Å². The Labute approximate surface area is 208 Å². The highest BCUT2D eigenvalue weighted by molar-refractivity contribution is 6.08. The lowest BCUT2D eigenvalue weighted by Gasteiger charge is -2.22. The molecule has 0 spiro atoms. The quantitative estimate of drug-likeness (QED) is 0.336. The maximum atomic E-state index is 13.6. The summed E-state index contributed by atoms with van der Waals surface area (Å²) in [7, 11) is 1.21. The topological polar surface area (TPSA) is 102 Å². The molecule has 0 aliphatic heterocycles. The molecule has 2 atom stereocenters. The van der Waals surface area contributed by atoms with E-state index in [1.807, 2.05) is 6.07 Å². The maximum absolute atomic E-state index is 13.6. The molecule has 3 aromatic rings. The molecule has 0 bridgehead atoms. The van der Waals surface area contributed by atoms with Gasteiger partial charge in [-0.3, -0.25) is 14.4 Å². The van der Waals surface area contributed by atoms with Crippen molar-refractivity contribution in [1.82, 2.24) is 10.6 Å². The number of nitrogens with one attached hydrogen (secondary N) is 2. The van der Waals surface area contributed by atoms with Crippen molar-refractivity contribution < 1.29 is 28.3 Å². The Balaban J connectivity index is 1.73. The first-order valence-corrected chi connectivity index (χ1v) is 11.3. The molecule has 36 heavy (non-hydrogen) atoms. The number of ketones is 1. The van der Waals surface area contributed by atoms with Crippen LogP contribution in [0, 0.1) is 5.82 Å². The third-order valence-corrected chi connectivity index (χ3v) is 5.52. The van der Waals surface area contributed by atoms with Gasteiger partial charge >= 0.3 is 5.97 Å². The molecule has 2 amide bonds. The molecule has 0 saturated heterocycles. The highest BCUT2D eigenvalue weighted by atomic mass is 19.1. The summed E-state index contributed by atoms with van der Waals surface area (Å²) >= 11 is 0. The van der Waals surface area contributed by atoms with Crippen LogP contribution in [-0.2, 0) is 32.0 Å². The Hall–Kier alpha value is -4.33. The molecule has 0 saturated carbocycles. The van der Waals surface area contributed by atoms with Gasteiger partial charge in [0.2, 0.25) is 11.8 Å². The van der Waals surface area contributed by atoms with Gasteiger partial charge < -0.3 is 15.4 Å². The predicted molar refractivity (Wildman–Crippen MR) is 132 cm³/mol. The lowest BCUT2D eigenvalue weighted by Crippen LogP contribution is -2.53. The molecule has 186 valence electrons. The van der Waals surface area contributed by atoms with Crippen LogP contribution in [0.5, 0.6) is 0 Å². The zero-order valence-corrected chi connectivity index (χ0v) is 20.0. The molecule has 0 aliphatic rings. The lowest BCUT2D eigenvalue weighted by molar-refractivity contribution is -0.145. The number of amides is 2. The van der Waals surface area contributed by atoms with E-state index < -0.39 is 35.7 Å². The molecule has 0 radical (unpaired) electrons. The highest BCUT2D eigenvalue weighted by Gasteiger charge is 2.27. The second-order valence-corrected chi connectivity index (χ2v) is 8.27. The summed E-state index contributed by atoms with van der Waals surface area (Å²) in [5, 5.41) is 5.18. The maximum Gasteiger partial charge on any atom is 0.328 e. The summed E-state index contributed by atoms with van der Waals surface area (Å²) in [6, 6.07) is 19.2. The average Bonchev–Trinajstić information content (AvgIpc) is 2.87. The third kappa shape index (κ3) is 7.33. The number of hydrogen-bond acceptors (Lipinski definition) is 5. The number of benzene rings is 3. The minimum Gasteiger partial charge on any atom is -0.467 e. The van der Waals surface area contributed by atoms with Crippen molar-refractivity contribution in [2.75, 3.05) is 7.11 Å². The van der Waals surface area contributed by atoms with Crippen LogP contribution in [0.4, 0.5) is 4.39 Å². The van der Waals surface area contributed by atoms with Crippen LogP contribution in [0.15, 0.2) is 78.9 Å². The Morgan fingerprint density at radius 3 is 2.03 bits per heavy atom. The summed E-state index contributed by atoms with van der Waals surface area (Å²) in [5.74, 6) is -2.31. The van der Waals surface area contributed by atoms with Crippen LogP contribution >= 0.6 is 0 Å². The van der Waals surface area contributed by atoms with E-state index in [0.717, 1.165) is 0 Å². The Morgan fingerprint density at radius 2 is 1.42 bits per heavy atom. The van der Waals surface area contributed by atoms with Gasteiger partial charge in [-0.2, -0.15) is 0 Å². The number of ether oxygens (including phenoxy) is 1. The zero-order chi connectivity index (χ0) is 26.1. The molecule has 8 heteroatoms. The minimum absolute atomic E-state index is 0.0351. The van der Waals surface area contributed by atoms with Crippen molar-refractivity contribution >= 4 is 23.6 Å². The van der Waals surface area contributed by atoms with E-state index in [-0.39, 0.29) is 18.6 Å². The summed E-state index contributed by atoms with van der Waals surface area (Å²) in [6.45, 7) is 1.27. The van der Waals surface area contributed by atoms with Gasteiger partial charge in [0.1, 0.15) is 17.9 Å². The predicted octanol–water partition coefficient (Wildman–Crippen LogP) is 3.00. The Kier molecular flexibility index (Phi) is 9.05. The first-order chi connectivity index (χ1) is 17.3. The van der Waals surface area contributed by atoms with Crippen LogP contribution in [0.25, 0.3) is 0 Å². The van der Waals surface area contributed by atoms with Gasteiger partial charge in [0.05, 0.1) is 7.11 Å². The summed E-state index contributed by atoms with van der Waals surface area (Å²) < 4.78 is 18.4. The monoisotopic (exact) mass is 490 g/mol. The fourth-order valence-corrected chi connectivity index (χ4v) is 3.75. The van der Waals surface area contributed by atoms with E-state index >= 15 is 0 Å². The SMILES string of the molecule is COC(=O)[C@@H](Cc1ccc(C(=O)c2ccccc2)cc1)NC(=O)[C@@H](Cc1cccc(F)c1)NC(C)=O. The van der Waals surface area contributed by atoms with Crippen LogP contribution in [0.2, 0.25) is 0 Å². The van der Waals surface area contributed by atoms with Crippen LogP contribution in [0.1, 0.15) is 34.0 Å². The molecule has 7 nitrogen and oxygen atoms in total. The lowest BCUT2D eigenvalue weighted by atomic mass is 9.99. The van der Waals surface area contributed by atoms with Gasteiger partial charge in [0.25, 0.3) is 0 Å². The van der Waals surface area contributed by atoms with Crippen molar-refractivity contribution in [3.8, 4) is 0 Å². The molecule has 0 unspecified atom stereocenters. The van der Waals surface area contributed by atoms with E-state index in [2.05, 4.69) is 10.6 Å². The normalized spacial score (nSPS) is 12.2. The second-order valence-electron chi connectivity index (χ2n) is 8.27. The Bertz CT molecular complexity index is 1230. The minimum atomic E-state index is -1.04. The summed E-state index contributed by atoms with van der Waals surface area (Å²) in [6.07, 6.45) is 0.137. The first kappa shape index (κ1) is 26.3. The number of hydrogen-bond donors (Lipinski definition) is 2. The van der Waals surface area contributed by atoms with Gasteiger partial charge in [-0.25, -0.2) is 9.18 Å². The third-order valence-electron chi connectivity index (χ3n) is 5.52. The standard InChI is InChI=1S/C28H27FN2O5/c1-18(32)30-24(17-20-7-6-10-23(29)15-20)27(34)31-25(28(35)36-2)16-19-11-13-22(14-12-19)26(33)21-8-4-3-5-9-21/h3-15,24-25H,16-17H2,1-2H3,(H,30,32)(H,31,34)/t24-,25-/m1/s1. The van der Waals surface area contributed by atoms with Crippen LogP contribution in [-0.4, -0.2) is 42.8 Å². The number of methoxy groups -OCH3 is 1. The van der Waals surface area contributed by atoms with E-state index in [1.165, 1.54) is 32.2 Å². The van der Waals surface area contributed by atoms with E-state index in [9.17, 15) is 23.6 Å². The van der Waals surface area contributed by atoms with Crippen molar-refractivity contribution in [1.29, 1.82) is 0 Å². The summed E-state index contributed by atoms with van der Waals surface area (Å²) in [5.41, 5.74) is 2.25. The van der Waals surface area contributed by atoms with Gasteiger partial charge in [0, 0.05) is 30.9 Å². The largest absolute Gasteiger partial charge is 0.467 e. The van der Waals surface area contributed by atoms with Gasteiger partial charge in [-0.15, -0.1) is 0 Å². The molecular weight excluding hydrogens is 463 g/mol. The van der Waals surface area contributed by atoms with E-state index in [0.29, 0.717) is 22.3 Å². The molecule has 0 aliphatic carbocycles. The second kappa shape index (κ2) is 12.4. The van der Waals surface area contributed by atoms with Gasteiger partial charge in [-0.1, -0.05) is 66.7 Å². The summed E-state index contributed by atoms with van der Waals surface area (Å²) in [4.78, 5) is 49.8. The van der Waals surface area contributed by atoms with Gasteiger partial charge in [-0.05, 0) is 23.3 Å². The van der Waals surface area contributed by atoms with Crippen molar-refractivity contribution in [3.05, 3.63) is 107 Å². The molecule has 0 heterocycles. The van der Waals surface area contributed by atoms with Crippen LogP contribution < -0.4 is 10.6 Å². The molecule has 2 N–H and O–H groups in total. The molecule has 0 fully saturated rings. The van der Waals surface area contributed by atoms with Crippen molar-refractivity contribution in [2.45, 2.75) is 31.8 Å². The zero-order valence-electron chi connectivity index (χ0n) is 20.0. The van der Waals surface area contributed by atoms with Crippen molar-refractivity contribution in [3.63, 3.8) is 0 Å². The average molecular weight is 491 g/mol. The number of carbonyl (C=O) groups is 4. The molecule has 3 aromatic carbocycles. The molecular formula is C28H27FN2O5. The number of rotatable bonds is 10. The highest BCUT2D eigenvalue weighted by Crippen LogP contribution is 2.13. The molecule has 0 aromatic heterocycles.